The number of halogens is 1. The second kappa shape index (κ2) is 7.96. The van der Waals surface area contributed by atoms with Gasteiger partial charge >= 0.3 is 0 Å². The molecule has 0 heterocycles. The zero-order valence-corrected chi connectivity index (χ0v) is 15.0. The molecule has 1 N–H and O–H groups in total. The average Bonchev–Trinajstić information content (AvgIpc) is 2.54. The summed E-state index contributed by atoms with van der Waals surface area (Å²) in [5.41, 5.74) is 1.19. The van der Waals surface area contributed by atoms with Crippen molar-refractivity contribution in [2.75, 3.05) is 26.0 Å². The normalized spacial score (nSPS) is 10.0. The van der Waals surface area contributed by atoms with Gasteiger partial charge in [-0.1, -0.05) is 6.07 Å². The molecule has 2 rings (SSSR count). The topological polar surface area (TPSA) is 58.6 Å². The lowest BCUT2D eigenvalue weighted by molar-refractivity contribution is -0.116. The number of likely N-dealkylation sites (N-methyl/N-ethyl adjacent to an activating group) is 1. The van der Waals surface area contributed by atoms with Gasteiger partial charge in [-0.25, -0.2) is 0 Å². The summed E-state index contributed by atoms with van der Waals surface area (Å²) in [5.74, 6) is 0.202. The van der Waals surface area contributed by atoms with Crippen LogP contribution in [0.25, 0.3) is 0 Å². The van der Waals surface area contributed by atoms with Crippen LogP contribution in [-0.2, 0) is 4.79 Å². The van der Waals surface area contributed by atoms with E-state index < -0.39 is 0 Å². The third-order valence-electron chi connectivity index (χ3n) is 3.17. The molecule has 0 aliphatic rings. The number of ether oxygens (including phenoxy) is 1. The number of amides is 2. The minimum atomic E-state index is -0.264. The van der Waals surface area contributed by atoms with E-state index in [9.17, 15) is 9.59 Å². The molecule has 5 nitrogen and oxygen atoms in total. The maximum absolute atomic E-state index is 12.3. The number of nitrogens with zero attached hydrogens (tertiary/aromatic N) is 1. The van der Waals surface area contributed by atoms with E-state index in [-0.39, 0.29) is 18.4 Å². The highest BCUT2D eigenvalue weighted by Gasteiger charge is 2.15. The van der Waals surface area contributed by atoms with Gasteiger partial charge in [-0.2, -0.15) is 0 Å². The number of hydrogen-bond donors (Lipinski definition) is 1. The van der Waals surface area contributed by atoms with Crippen LogP contribution >= 0.6 is 22.6 Å². The molecule has 0 spiro atoms. The zero-order valence-electron chi connectivity index (χ0n) is 12.9. The van der Waals surface area contributed by atoms with Gasteiger partial charge in [0.2, 0.25) is 5.91 Å². The third-order valence-corrected chi connectivity index (χ3v) is 3.89. The highest BCUT2D eigenvalue weighted by molar-refractivity contribution is 14.1. The Kier molecular flexibility index (Phi) is 5.97. The van der Waals surface area contributed by atoms with Gasteiger partial charge in [0.25, 0.3) is 5.91 Å². The smallest absolute Gasteiger partial charge is 0.254 e. The Labute approximate surface area is 148 Å². The van der Waals surface area contributed by atoms with Crippen LogP contribution in [-0.4, -0.2) is 37.4 Å². The van der Waals surface area contributed by atoms with Crippen LogP contribution < -0.4 is 10.1 Å². The Balaban J connectivity index is 1.96. The molecule has 0 atom stereocenters. The Morgan fingerprint density at radius 3 is 2.52 bits per heavy atom. The van der Waals surface area contributed by atoms with Gasteiger partial charge in [0.05, 0.1) is 13.7 Å². The maximum Gasteiger partial charge on any atom is 0.254 e. The van der Waals surface area contributed by atoms with Crippen LogP contribution in [0, 0.1) is 3.57 Å². The maximum atomic E-state index is 12.3. The van der Waals surface area contributed by atoms with E-state index >= 15 is 0 Å². The number of methoxy groups -OCH3 is 1. The molecule has 0 radical (unpaired) electrons. The number of hydrogen-bond acceptors (Lipinski definition) is 3. The molecular weight excluding hydrogens is 407 g/mol. The van der Waals surface area contributed by atoms with Gasteiger partial charge in [0.1, 0.15) is 5.75 Å². The number of carbonyl (C=O) groups is 2. The molecule has 2 aromatic rings. The van der Waals surface area contributed by atoms with E-state index in [0.717, 1.165) is 3.57 Å². The Hall–Kier alpha value is -2.09. The quantitative estimate of drug-likeness (QED) is 0.751. The molecule has 23 heavy (non-hydrogen) atoms. The zero-order chi connectivity index (χ0) is 16.8. The Morgan fingerprint density at radius 2 is 1.87 bits per heavy atom. The molecule has 120 valence electrons. The summed E-state index contributed by atoms with van der Waals surface area (Å²) in [6.45, 7) is -0.0258. The highest BCUT2D eigenvalue weighted by Crippen LogP contribution is 2.16. The first-order valence-corrected chi connectivity index (χ1v) is 8.02. The van der Waals surface area contributed by atoms with Crippen LogP contribution in [0.3, 0.4) is 0 Å². The molecule has 0 unspecified atom stereocenters. The van der Waals surface area contributed by atoms with Crippen molar-refractivity contribution >= 4 is 40.1 Å². The van der Waals surface area contributed by atoms with Crippen molar-refractivity contribution in [3.8, 4) is 5.75 Å². The first-order valence-electron chi connectivity index (χ1n) is 6.94. The first kappa shape index (κ1) is 17.3. The fourth-order valence-corrected chi connectivity index (χ4v) is 2.36. The van der Waals surface area contributed by atoms with Crippen LogP contribution in [0.5, 0.6) is 5.75 Å². The molecule has 2 aromatic carbocycles. The van der Waals surface area contributed by atoms with E-state index in [1.807, 2.05) is 12.1 Å². The molecule has 0 bridgehead atoms. The summed E-state index contributed by atoms with van der Waals surface area (Å²) in [5, 5.41) is 2.75. The monoisotopic (exact) mass is 424 g/mol. The minimum Gasteiger partial charge on any atom is -0.497 e. The predicted molar refractivity (Wildman–Crippen MR) is 97.7 cm³/mol. The van der Waals surface area contributed by atoms with Crippen molar-refractivity contribution in [1.29, 1.82) is 0 Å². The lowest BCUT2D eigenvalue weighted by atomic mass is 10.2. The lowest BCUT2D eigenvalue weighted by Gasteiger charge is -2.17. The van der Waals surface area contributed by atoms with Crippen LogP contribution in [0.15, 0.2) is 48.5 Å². The predicted octanol–water partition coefficient (Wildman–Crippen LogP) is 3.01. The molecule has 6 heteroatoms. The molecule has 0 fully saturated rings. The number of carbonyl (C=O) groups excluding carboxylic acids is 2. The summed E-state index contributed by atoms with van der Waals surface area (Å²) in [4.78, 5) is 25.7. The van der Waals surface area contributed by atoms with Gasteiger partial charge < -0.3 is 15.0 Å². The lowest BCUT2D eigenvalue weighted by Crippen LogP contribution is -2.34. The van der Waals surface area contributed by atoms with Crippen LogP contribution in [0.4, 0.5) is 5.69 Å². The standard InChI is InChI=1S/C17H17IN2O3/c1-20(17(22)12-6-8-13(18)9-7-12)11-16(21)19-14-4-3-5-15(10-14)23-2/h3-10H,11H2,1-2H3,(H,19,21). The summed E-state index contributed by atoms with van der Waals surface area (Å²) in [6, 6.07) is 14.3. The van der Waals surface area contributed by atoms with Crippen molar-refractivity contribution < 1.29 is 14.3 Å². The second-order valence-electron chi connectivity index (χ2n) is 4.95. The average molecular weight is 424 g/mol. The summed E-state index contributed by atoms with van der Waals surface area (Å²) < 4.78 is 6.16. The van der Waals surface area contributed by atoms with Crippen LogP contribution in [0.1, 0.15) is 10.4 Å². The Morgan fingerprint density at radius 1 is 1.17 bits per heavy atom. The number of anilines is 1. The van der Waals surface area contributed by atoms with E-state index in [1.165, 1.54) is 4.90 Å². The van der Waals surface area contributed by atoms with Gasteiger partial charge in [-0.3, -0.25) is 9.59 Å². The summed E-state index contributed by atoms with van der Waals surface area (Å²) in [7, 11) is 3.17. The van der Waals surface area contributed by atoms with Gasteiger partial charge in [-0.15, -0.1) is 0 Å². The van der Waals surface area contributed by atoms with E-state index in [4.69, 9.17) is 4.74 Å². The van der Waals surface area contributed by atoms with E-state index in [2.05, 4.69) is 27.9 Å². The number of nitrogens with one attached hydrogen (secondary N) is 1. The molecule has 2 amide bonds. The van der Waals surface area contributed by atoms with Crippen molar-refractivity contribution in [3.63, 3.8) is 0 Å². The molecule has 0 aliphatic carbocycles. The van der Waals surface area contributed by atoms with Gasteiger partial charge in [-0.05, 0) is 59.0 Å². The van der Waals surface area contributed by atoms with Gasteiger partial charge in [0, 0.05) is 27.9 Å². The molecule has 0 saturated heterocycles. The first-order chi connectivity index (χ1) is 11.0. The minimum absolute atomic E-state index is 0.0258. The van der Waals surface area contributed by atoms with E-state index in [0.29, 0.717) is 17.0 Å². The van der Waals surface area contributed by atoms with Crippen molar-refractivity contribution in [2.24, 2.45) is 0 Å². The third kappa shape index (κ3) is 4.95. The SMILES string of the molecule is COc1cccc(NC(=O)CN(C)C(=O)c2ccc(I)cc2)c1. The molecule has 0 aromatic heterocycles. The highest BCUT2D eigenvalue weighted by atomic mass is 127. The largest absolute Gasteiger partial charge is 0.497 e. The van der Waals surface area contributed by atoms with Crippen molar-refractivity contribution in [1.82, 2.24) is 4.90 Å². The summed E-state index contributed by atoms with van der Waals surface area (Å²) >= 11 is 2.18. The van der Waals surface area contributed by atoms with E-state index in [1.54, 1.807) is 50.6 Å². The molecule has 0 aliphatic heterocycles. The summed E-state index contributed by atoms with van der Waals surface area (Å²) in [6.07, 6.45) is 0. The Bertz CT molecular complexity index is 701. The van der Waals surface area contributed by atoms with Gasteiger partial charge in [0.15, 0.2) is 0 Å². The van der Waals surface area contributed by atoms with Crippen molar-refractivity contribution in [2.45, 2.75) is 0 Å². The number of benzene rings is 2. The molecular formula is C17H17IN2O3. The fourth-order valence-electron chi connectivity index (χ4n) is 2.00. The van der Waals surface area contributed by atoms with Crippen LogP contribution in [0.2, 0.25) is 0 Å². The van der Waals surface area contributed by atoms with Crippen molar-refractivity contribution in [3.05, 3.63) is 57.7 Å². The number of rotatable bonds is 5. The fraction of sp³-hybridized carbons (Fsp3) is 0.176. The molecule has 0 saturated carbocycles. The second-order valence-corrected chi connectivity index (χ2v) is 6.19.